The molecule has 128 valence electrons. The molecule has 1 heterocycles. The van der Waals surface area contributed by atoms with E-state index in [-0.39, 0.29) is 5.75 Å². The number of hydrogen-bond acceptors (Lipinski definition) is 4. The van der Waals surface area contributed by atoms with Crippen LogP contribution >= 0.6 is 22.9 Å². The Morgan fingerprint density at radius 1 is 1.29 bits per heavy atom. The van der Waals surface area contributed by atoms with Crippen molar-refractivity contribution in [1.82, 2.24) is 0 Å². The highest BCUT2D eigenvalue weighted by Gasteiger charge is 2.12. The third-order valence-electron chi connectivity index (χ3n) is 3.73. The summed E-state index contributed by atoms with van der Waals surface area (Å²) in [7, 11) is 0. The highest BCUT2D eigenvalue weighted by atomic mass is 35.5. The monoisotopic (exact) mass is 364 g/mol. The van der Waals surface area contributed by atoms with Crippen molar-refractivity contribution >= 4 is 22.9 Å². The lowest BCUT2D eigenvalue weighted by Crippen LogP contribution is -1.97. The van der Waals surface area contributed by atoms with E-state index in [1.54, 1.807) is 12.1 Å². The van der Waals surface area contributed by atoms with Gasteiger partial charge >= 0.3 is 0 Å². The number of phenolic OH excluding ortho intramolecular Hbond substituents is 1. The van der Waals surface area contributed by atoms with Gasteiger partial charge in [-0.1, -0.05) is 30.7 Å². The zero-order valence-corrected chi connectivity index (χ0v) is 15.0. The first kappa shape index (κ1) is 18.8. The summed E-state index contributed by atoms with van der Waals surface area (Å²) in [5.74, 6) is 0.0715. The van der Waals surface area contributed by atoms with Crippen LogP contribution in [-0.2, 0) is 0 Å². The lowest BCUT2D eigenvalue weighted by atomic mass is 10.0. The Labute approximate surface area is 151 Å². The summed E-state index contributed by atoms with van der Waals surface area (Å²) in [4.78, 5) is 0.943. The van der Waals surface area contributed by atoms with E-state index in [1.807, 2.05) is 24.4 Å². The second-order valence-electron chi connectivity index (χ2n) is 5.50. The lowest BCUT2D eigenvalue weighted by molar-refractivity contribution is 0.180. The third-order valence-corrected chi connectivity index (χ3v) is 5.03. The van der Waals surface area contributed by atoms with Crippen molar-refractivity contribution < 1.29 is 15.3 Å². The van der Waals surface area contributed by atoms with Crippen LogP contribution in [0.5, 0.6) is 5.75 Å². The van der Waals surface area contributed by atoms with Crippen LogP contribution < -0.4 is 0 Å². The predicted octanol–water partition coefficient (Wildman–Crippen LogP) is 5.15. The molecule has 0 aliphatic rings. The molecule has 0 aliphatic carbocycles. The van der Waals surface area contributed by atoms with E-state index >= 15 is 0 Å². The quantitative estimate of drug-likeness (QED) is 0.596. The van der Waals surface area contributed by atoms with Crippen LogP contribution in [-0.4, -0.2) is 15.3 Å². The third kappa shape index (κ3) is 5.23. The molecule has 3 N–H and O–H groups in total. The summed E-state index contributed by atoms with van der Waals surface area (Å²) in [5.41, 5.74) is 4.75. The van der Waals surface area contributed by atoms with E-state index in [0.29, 0.717) is 23.4 Å². The molecule has 3 nitrogen and oxygen atoms in total. The molecule has 24 heavy (non-hydrogen) atoms. The smallest absolute Gasteiger partial charge is 0.117 e. The van der Waals surface area contributed by atoms with Gasteiger partial charge in [-0.2, -0.15) is 0 Å². The average Bonchev–Trinajstić information content (AvgIpc) is 3.08. The molecule has 1 aromatic heterocycles. The zero-order chi connectivity index (χ0) is 17.5. The van der Waals surface area contributed by atoms with Gasteiger partial charge in [-0.3, -0.25) is 0 Å². The fraction of sp³-hybridized carbons (Fsp3) is 0.316. The SMILES string of the molecule is CCC(=C=CC[C@@H](O)c1ccc(O)cc1Cl)C[C@@H](O)c1cccs1. The lowest BCUT2D eigenvalue weighted by Gasteiger charge is -2.11. The van der Waals surface area contributed by atoms with Gasteiger partial charge in [-0.05, 0) is 47.2 Å². The standard InChI is InChI=1S/C19H21ClO3S/c1-2-13(11-18(23)19-7-4-10-24-19)5-3-6-17(22)15-9-8-14(21)12-16(15)20/h3-4,7-10,12,17-18,21-23H,2,6,11H2,1H3/t5?,17-,18-/m1/s1. The topological polar surface area (TPSA) is 60.7 Å². The second-order valence-corrected chi connectivity index (χ2v) is 6.88. The minimum atomic E-state index is -0.758. The summed E-state index contributed by atoms with van der Waals surface area (Å²) < 4.78 is 0. The Hall–Kier alpha value is -1.55. The molecule has 0 spiro atoms. The maximum absolute atomic E-state index is 10.2. The highest BCUT2D eigenvalue weighted by molar-refractivity contribution is 7.10. The minimum absolute atomic E-state index is 0.0715. The number of phenols is 1. The number of rotatable bonds is 7. The summed E-state index contributed by atoms with van der Waals surface area (Å²) in [6, 6.07) is 8.36. The molecule has 2 atom stereocenters. The molecule has 0 unspecified atom stereocenters. The maximum Gasteiger partial charge on any atom is 0.117 e. The number of aliphatic hydroxyl groups excluding tert-OH is 2. The number of thiophene rings is 1. The predicted molar refractivity (Wildman–Crippen MR) is 98.5 cm³/mol. The van der Waals surface area contributed by atoms with E-state index in [1.165, 1.54) is 23.5 Å². The van der Waals surface area contributed by atoms with E-state index in [4.69, 9.17) is 11.6 Å². The van der Waals surface area contributed by atoms with Crippen molar-refractivity contribution in [2.45, 2.75) is 38.4 Å². The second kappa shape index (κ2) is 9.07. The van der Waals surface area contributed by atoms with Crippen LogP contribution in [0.4, 0.5) is 0 Å². The van der Waals surface area contributed by atoms with Crippen molar-refractivity contribution in [3.63, 3.8) is 0 Å². The van der Waals surface area contributed by atoms with Crippen molar-refractivity contribution in [2.75, 3.05) is 0 Å². The number of halogens is 1. The molecular formula is C19H21ClO3S. The van der Waals surface area contributed by atoms with Gasteiger partial charge < -0.3 is 15.3 Å². The molecule has 0 amide bonds. The summed E-state index contributed by atoms with van der Waals surface area (Å²) in [6.07, 6.45) is 2.18. The normalized spacial score (nSPS) is 13.2. The molecule has 5 heteroatoms. The van der Waals surface area contributed by atoms with Crippen molar-refractivity contribution in [1.29, 1.82) is 0 Å². The molecule has 0 aliphatic heterocycles. The van der Waals surface area contributed by atoms with Gasteiger partial charge in [0.25, 0.3) is 0 Å². The summed E-state index contributed by atoms with van der Waals surface area (Å²) in [5, 5.41) is 32.1. The molecule has 0 radical (unpaired) electrons. The summed E-state index contributed by atoms with van der Waals surface area (Å²) >= 11 is 7.56. The highest BCUT2D eigenvalue weighted by Crippen LogP contribution is 2.29. The first-order valence-electron chi connectivity index (χ1n) is 7.82. The largest absolute Gasteiger partial charge is 0.508 e. The molecule has 1 aromatic carbocycles. The Morgan fingerprint density at radius 3 is 2.71 bits per heavy atom. The van der Waals surface area contributed by atoms with Crippen LogP contribution in [0.1, 0.15) is 48.8 Å². The maximum atomic E-state index is 10.2. The Bertz CT molecular complexity index is 718. The molecule has 0 saturated carbocycles. The van der Waals surface area contributed by atoms with Crippen LogP contribution in [0.3, 0.4) is 0 Å². The van der Waals surface area contributed by atoms with Gasteiger partial charge in [0.15, 0.2) is 0 Å². The number of benzene rings is 1. The Balaban J connectivity index is 2.02. The first-order valence-corrected chi connectivity index (χ1v) is 9.07. The Kier molecular flexibility index (Phi) is 7.10. The van der Waals surface area contributed by atoms with Gasteiger partial charge in [0.05, 0.1) is 17.2 Å². The fourth-order valence-electron chi connectivity index (χ4n) is 2.35. The van der Waals surface area contributed by atoms with Crippen LogP contribution in [0.15, 0.2) is 53.1 Å². The fourth-order valence-corrected chi connectivity index (χ4v) is 3.36. The first-order chi connectivity index (χ1) is 11.5. The molecule has 0 fully saturated rings. The minimum Gasteiger partial charge on any atom is -0.508 e. The van der Waals surface area contributed by atoms with E-state index in [2.05, 4.69) is 5.73 Å². The molecular weight excluding hydrogens is 344 g/mol. The number of hydrogen-bond donors (Lipinski definition) is 3. The molecule has 2 aromatic rings. The van der Waals surface area contributed by atoms with Gasteiger partial charge in [0.2, 0.25) is 0 Å². The van der Waals surface area contributed by atoms with E-state index < -0.39 is 12.2 Å². The molecule has 0 bridgehead atoms. The zero-order valence-electron chi connectivity index (χ0n) is 13.4. The van der Waals surface area contributed by atoms with E-state index in [0.717, 1.165) is 16.9 Å². The van der Waals surface area contributed by atoms with Crippen LogP contribution in [0.2, 0.25) is 5.02 Å². The molecule has 2 rings (SSSR count). The van der Waals surface area contributed by atoms with Gasteiger partial charge in [-0.15, -0.1) is 17.1 Å². The van der Waals surface area contributed by atoms with Crippen LogP contribution in [0.25, 0.3) is 0 Å². The van der Waals surface area contributed by atoms with Crippen molar-refractivity contribution in [3.05, 3.63) is 68.6 Å². The van der Waals surface area contributed by atoms with Crippen molar-refractivity contribution in [3.8, 4) is 5.75 Å². The summed E-state index contributed by atoms with van der Waals surface area (Å²) in [6.45, 7) is 2.02. The Morgan fingerprint density at radius 2 is 2.08 bits per heavy atom. The van der Waals surface area contributed by atoms with Gasteiger partial charge in [0, 0.05) is 17.7 Å². The molecule has 0 saturated heterocycles. The van der Waals surface area contributed by atoms with Gasteiger partial charge in [0.1, 0.15) is 5.75 Å². The number of aliphatic hydroxyl groups is 2. The van der Waals surface area contributed by atoms with Gasteiger partial charge in [-0.25, -0.2) is 0 Å². The van der Waals surface area contributed by atoms with Crippen LogP contribution in [0, 0.1) is 0 Å². The average molecular weight is 365 g/mol. The van der Waals surface area contributed by atoms with E-state index in [9.17, 15) is 15.3 Å². The number of aromatic hydroxyl groups is 1. The van der Waals surface area contributed by atoms with Crippen molar-refractivity contribution in [2.24, 2.45) is 0 Å².